The summed E-state index contributed by atoms with van der Waals surface area (Å²) in [6.45, 7) is 2.13. The molecule has 0 aliphatic carbocycles. The van der Waals surface area contributed by atoms with Crippen LogP contribution in [0.15, 0.2) is 36.4 Å². The number of carbonyl (C=O) groups excluding carboxylic acids is 1. The number of rotatable bonds is 10. The Hall–Kier alpha value is -2.77. The number of ether oxygens (including phenoxy) is 3. The summed E-state index contributed by atoms with van der Waals surface area (Å²) in [6.07, 6.45) is 2.96. The van der Waals surface area contributed by atoms with E-state index in [1.54, 1.807) is 12.1 Å². The maximum atomic E-state index is 13.2. The van der Waals surface area contributed by atoms with E-state index in [9.17, 15) is 13.2 Å². The third kappa shape index (κ3) is 7.36. The Bertz CT molecular complexity index is 1280. The number of urea groups is 1. The van der Waals surface area contributed by atoms with Gasteiger partial charge in [0.2, 0.25) is 5.75 Å². The van der Waals surface area contributed by atoms with Crippen LogP contribution in [0.3, 0.4) is 0 Å². The molecular weight excluding hydrogens is 570 g/mol. The van der Waals surface area contributed by atoms with Crippen molar-refractivity contribution in [1.82, 2.24) is 18.8 Å². The maximum Gasteiger partial charge on any atom is 0.319 e. The minimum Gasteiger partial charge on any atom is -0.493 e. The highest BCUT2D eigenvalue weighted by atomic mass is 35.5. The molecule has 0 saturated carbocycles. The first-order valence-electron chi connectivity index (χ1n) is 13.6. The lowest BCUT2D eigenvalue weighted by atomic mass is 9.89. The van der Waals surface area contributed by atoms with E-state index in [1.165, 1.54) is 49.6 Å². The average molecular weight is 610 g/mol. The van der Waals surface area contributed by atoms with Gasteiger partial charge in [-0.2, -0.15) is 17.0 Å². The molecule has 0 bridgehead atoms. The summed E-state index contributed by atoms with van der Waals surface area (Å²) < 4.78 is 44.8. The molecule has 2 aromatic carbocycles. The summed E-state index contributed by atoms with van der Waals surface area (Å²) in [5.74, 6) is 1.77. The zero-order chi connectivity index (χ0) is 29.7. The summed E-state index contributed by atoms with van der Waals surface area (Å²) in [5.41, 5.74) is 1.72. The summed E-state index contributed by atoms with van der Waals surface area (Å²) in [7, 11) is 3.90. The molecule has 2 amide bonds. The molecule has 2 saturated heterocycles. The lowest BCUT2D eigenvalue weighted by Gasteiger charge is -2.38. The second kappa shape index (κ2) is 13.5. The van der Waals surface area contributed by atoms with E-state index in [1.807, 2.05) is 12.1 Å². The SMILES string of the molecule is COc1cc(NC(=O)N[C@@H]2CN(S(=O)(=O)N(C)C)C[C@H]2N2CCC(Cc3ccc(Cl)cc3)CC2)cc(OC)c1OC. The number of carbonyl (C=O) groups is 1. The molecule has 41 heavy (non-hydrogen) atoms. The maximum absolute atomic E-state index is 13.2. The van der Waals surface area contributed by atoms with Crippen molar-refractivity contribution in [2.24, 2.45) is 5.92 Å². The van der Waals surface area contributed by atoms with Crippen LogP contribution < -0.4 is 24.8 Å². The molecule has 4 rings (SSSR count). The van der Waals surface area contributed by atoms with Gasteiger partial charge in [0.25, 0.3) is 10.2 Å². The molecule has 226 valence electrons. The Morgan fingerprint density at radius 1 is 1.00 bits per heavy atom. The Balaban J connectivity index is 1.45. The first-order valence-corrected chi connectivity index (χ1v) is 15.4. The molecule has 13 heteroatoms. The van der Waals surface area contributed by atoms with Crippen molar-refractivity contribution in [3.8, 4) is 17.2 Å². The zero-order valence-corrected chi connectivity index (χ0v) is 25.8. The highest BCUT2D eigenvalue weighted by Crippen LogP contribution is 2.40. The van der Waals surface area contributed by atoms with Crippen molar-refractivity contribution in [2.75, 3.05) is 66.9 Å². The summed E-state index contributed by atoms with van der Waals surface area (Å²) >= 11 is 6.04. The number of piperidine rings is 1. The zero-order valence-electron chi connectivity index (χ0n) is 24.2. The van der Waals surface area contributed by atoms with Gasteiger partial charge in [-0.1, -0.05) is 23.7 Å². The molecule has 2 aliphatic rings. The predicted molar refractivity (Wildman–Crippen MR) is 159 cm³/mol. The van der Waals surface area contributed by atoms with E-state index in [0.717, 1.165) is 37.4 Å². The molecule has 0 unspecified atom stereocenters. The molecule has 0 aromatic heterocycles. The van der Waals surface area contributed by atoms with E-state index in [0.29, 0.717) is 35.4 Å². The molecule has 2 aromatic rings. The summed E-state index contributed by atoms with van der Waals surface area (Å²) in [6, 6.07) is 10.3. The van der Waals surface area contributed by atoms with Crippen molar-refractivity contribution in [3.63, 3.8) is 0 Å². The molecule has 2 heterocycles. The Kier molecular flexibility index (Phi) is 10.2. The quantitative estimate of drug-likeness (QED) is 0.425. The lowest BCUT2D eigenvalue weighted by molar-refractivity contribution is 0.125. The van der Waals surface area contributed by atoms with Crippen molar-refractivity contribution in [1.29, 1.82) is 0 Å². The van der Waals surface area contributed by atoms with Crippen LogP contribution in [0.5, 0.6) is 17.2 Å². The van der Waals surface area contributed by atoms with E-state index in [4.69, 9.17) is 25.8 Å². The van der Waals surface area contributed by atoms with Crippen LogP contribution >= 0.6 is 11.6 Å². The minimum absolute atomic E-state index is 0.160. The van der Waals surface area contributed by atoms with Gasteiger partial charge in [-0.15, -0.1) is 0 Å². The fourth-order valence-corrected chi connectivity index (χ4v) is 6.89. The smallest absolute Gasteiger partial charge is 0.319 e. The van der Waals surface area contributed by atoms with Gasteiger partial charge in [0.1, 0.15) is 0 Å². The molecule has 0 spiro atoms. The number of methoxy groups -OCH3 is 3. The Labute approximate surface area is 247 Å². The topological polar surface area (TPSA) is 113 Å². The standard InChI is InChI=1S/C28H40ClN5O6S/c1-32(2)41(36,37)34-17-23(31-28(35)30-22-15-25(38-3)27(40-5)26(16-22)39-4)24(18-34)33-12-10-20(11-13-33)14-19-6-8-21(29)9-7-19/h6-9,15-16,20,23-24H,10-14,17-18H2,1-5H3,(H2,30,31,35)/t23-,24-/m1/s1. The minimum atomic E-state index is -3.65. The highest BCUT2D eigenvalue weighted by Gasteiger charge is 2.43. The molecule has 2 N–H and O–H groups in total. The number of hydrogen-bond donors (Lipinski definition) is 2. The van der Waals surface area contributed by atoms with Gasteiger partial charge in [-0.3, -0.25) is 4.90 Å². The number of hydrogen-bond acceptors (Lipinski definition) is 7. The predicted octanol–water partition coefficient (Wildman–Crippen LogP) is 3.30. The van der Waals surface area contributed by atoms with Crippen molar-refractivity contribution in [2.45, 2.75) is 31.3 Å². The van der Waals surface area contributed by atoms with Crippen LogP contribution in [-0.2, 0) is 16.6 Å². The average Bonchev–Trinajstić information content (AvgIpc) is 3.38. The van der Waals surface area contributed by atoms with Crippen LogP contribution in [0.2, 0.25) is 5.02 Å². The molecule has 2 fully saturated rings. The normalized spacial score (nSPS) is 20.7. The first kappa shape index (κ1) is 31.2. The molecular formula is C28H40ClN5O6S. The van der Waals surface area contributed by atoms with Crippen molar-refractivity contribution < 1.29 is 27.4 Å². The van der Waals surface area contributed by atoms with Crippen LogP contribution in [0, 0.1) is 5.92 Å². The van der Waals surface area contributed by atoms with Gasteiger partial charge in [0.05, 0.1) is 33.1 Å². The van der Waals surface area contributed by atoms with Gasteiger partial charge in [-0.05, 0) is 56.0 Å². The Morgan fingerprint density at radius 2 is 1.61 bits per heavy atom. The van der Waals surface area contributed by atoms with Crippen LogP contribution in [0.1, 0.15) is 18.4 Å². The number of nitrogens with one attached hydrogen (secondary N) is 2. The van der Waals surface area contributed by atoms with Crippen molar-refractivity contribution in [3.05, 3.63) is 47.0 Å². The summed E-state index contributed by atoms with van der Waals surface area (Å²) in [4.78, 5) is 15.5. The van der Waals surface area contributed by atoms with E-state index in [-0.39, 0.29) is 12.6 Å². The third-order valence-electron chi connectivity index (χ3n) is 7.84. The number of likely N-dealkylation sites (tertiary alicyclic amines) is 1. The lowest BCUT2D eigenvalue weighted by Crippen LogP contribution is -2.54. The number of nitrogens with zero attached hydrogens (tertiary/aromatic N) is 3. The van der Waals surface area contributed by atoms with Crippen LogP contribution in [0.25, 0.3) is 0 Å². The van der Waals surface area contributed by atoms with Gasteiger partial charge < -0.3 is 24.8 Å². The second-order valence-corrected chi connectivity index (χ2v) is 13.2. The number of amides is 2. The fraction of sp³-hybridized carbons (Fsp3) is 0.536. The van der Waals surface area contributed by atoms with E-state index < -0.39 is 22.3 Å². The van der Waals surface area contributed by atoms with E-state index >= 15 is 0 Å². The van der Waals surface area contributed by atoms with Gasteiger partial charge >= 0.3 is 6.03 Å². The molecule has 2 aliphatic heterocycles. The molecule has 0 radical (unpaired) electrons. The number of benzene rings is 2. The van der Waals surface area contributed by atoms with Crippen molar-refractivity contribution >= 4 is 33.5 Å². The monoisotopic (exact) mass is 609 g/mol. The van der Waals surface area contributed by atoms with Gasteiger partial charge in [0, 0.05) is 50.4 Å². The highest BCUT2D eigenvalue weighted by molar-refractivity contribution is 7.86. The molecule has 11 nitrogen and oxygen atoms in total. The number of halogens is 1. The first-order chi connectivity index (χ1) is 19.5. The van der Waals surface area contributed by atoms with E-state index in [2.05, 4.69) is 27.7 Å². The fourth-order valence-electron chi connectivity index (χ4n) is 5.61. The van der Waals surface area contributed by atoms with Gasteiger partial charge in [-0.25, -0.2) is 4.79 Å². The second-order valence-electron chi connectivity index (χ2n) is 10.6. The summed E-state index contributed by atoms with van der Waals surface area (Å²) in [5, 5.41) is 6.60. The third-order valence-corrected chi connectivity index (χ3v) is 9.96. The molecule has 2 atom stereocenters. The Morgan fingerprint density at radius 3 is 2.15 bits per heavy atom. The largest absolute Gasteiger partial charge is 0.493 e. The van der Waals surface area contributed by atoms with Crippen LogP contribution in [-0.4, -0.2) is 102 Å². The van der Waals surface area contributed by atoms with Gasteiger partial charge in [0.15, 0.2) is 11.5 Å². The van der Waals surface area contributed by atoms with Crippen LogP contribution in [0.4, 0.5) is 10.5 Å². The number of anilines is 1.